The summed E-state index contributed by atoms with van der Waals surface area (Å²) in [4.78, 5) is 4.24. The highest BCUT2D eigenvalue weighted by molar-refractivity contribution is 9.10. The second-order valence-electron chi connectivity index (χ2n) is 3.14. The van der Waals surface area contributed by atoms with Crippen LogP contribution < -0.4 is 5.73 Å². The third-order valence-electron chi connectivity index (χ3n) is 2.04. The van der Waals surface area contributed by atoms with Gasteiger partial charge in [-0.15, -0.1) is 5.10 Å². The van der Waals surface area contributed by atoms with Crippen molar-refractivity contribution in [2.75, 3.05) is 5.73 Å². The maximum atomic E-state index is 5.75. The zero-order valence-corrected chi connectivity index (χ0v) is 11.1. The summed E-state index contributed by atoms with van der Waals surface area (Å²) in [6, 6.07) is 0. The quantitative estimate of drug-likeness (QED) is 0.903. The number of aromatic nitrogens is 5. The Morgan fingerprint density at radius 1 is 1.50 bits per heavy atom. The van der Waals surface area contributed by atoms with E-state index in [1.54, 1.807) is 17.9 Å². The van der Waals surface area contributed by atoms with E-state index in [2.05, 4.69) is 36.4 Å². The second-order valence-corrected chi connectivity index (χ2v) is 4.89. The first-order chi connectivity index (χ1) is 7.59. The van der Waals surface area contributed by atoms with Crippen molar-refractivity contribution in [3.63, 3.8) is 0 Å². The smallest absolute Gasteiger partial charge is 0.215 e. The Labute approximate surface area is 105 Å². The SMILES string of the molecule is Cc1c(N)cnc(Sc2nnnn2C)c1Br. The van der Waals surface area contributed by atoms with E-state index in [9.17, 15) is 0 Å². The van der Waals surface area contributed by atoms with Crippen molar-refractivity contribution in [3.05, 3.63) is 16.2 Å². The molecule has 0 saturated heterocycles. The van der Waals surface area contributed by atoms with Gasteiger partial charge in [0.25, 0.3) is 0 Å². The molecular weight excluding hydrogens is 292 g/mol. The summed E-state index contributed by atoms with van der Waals surface area (Å²) in [6.07, 6.45) is 1.63. The number of pyridine rings is 1. The lowest BCUT2D eigenvalue weighted by Crippen LogP contribution is -1.97. The molecule has 0 aromatic carbocycles. The molecule has 8 heteroatoms. The van der Waals surface area contributed by atoms with Gasteiger partial charge in [0.05, 0.1) is 16.4 Å². The van der Waals surface area contributed by atoms with Gasteiger partial charge >= 0.3 is 0 Å². The zero-order chi connectivity index (χ0) is 11.7. The van der Waals surface area contributed by atoms with E-state index in [0.29, 0.717) is 10.8 Å². The van der Waals surface area contributed by atoms with Gasteiger partial charge in [-0.25, -0.2) is 9.67 Å². The van der Waals surface area contributed by atoms with Crippen LogP contribution in [0.15, 0.2) is 20.9 Å². The molecule has 0 unspecified atom stereocenters. The van der Waals surface area contributed by atoms with Crippen molar-refractivity contribution >= 4 is 33.4 Å². The molecule has 16 heavy (non-hydrogen) atoms. The first-order valence-corrected chi connectivity index (χ1v) is 6.01. The van der Waals surface area contributed by atoms with Crippen LogP contribution in [0.3, 0.4) is 0 Å². The Balaban J connectivity index is 2.36. The average molecular weight is 301 g/mol. The molecule has 0 bridgehead atoms. The largest absolute Gasteiger partial charge is 0.397 e. The average Bonchev–Trinajstić information content (AvgIpc) is 2.65. The van der Waals surface area contributed by atoms with Crippen LogP contribution in [0.2, 0.25) is 0 Å². The number of nitrogen functional groups attached to an aromatic ring is 1. The van der Waals surface area contributed by atoms with Crippen molar-refractivity contribution in [1.82, 2.24) is 25.2 Å². The highest BCUT2D eigenvalue weighted by Crippen LogP contribution is 2.33. The van der Waals surface area contributed by atoms with E-state index in [1.165, 1.54) is 11.8 Å². The highest BCUT2D eigenvalue weighted by atomic mass is 79.9. The van der Waals surface area contributed by atoms with Gasteiger partial charge in [-0.1, -0.05) is 0 Å². The number of tetrazole rings is 1. The minimum atomic E-state index is 0.660. The van der Waals surface area contributed by atoms with E-state index in [0.717, 1.165) is 15.1 Å². The molecule has 0 atom stereocenters. The Bertz CT molecular complexity index is 525. The highest BCUT2D eigenvalue weighted by Gasteiger charge is 2.12. The summed E-state index contributed by atoms with van der Waals surface area (Å²) in [5.41, 5.74) is 7.37. The molecule has 0 saturated carbocycles. The van der Waals surface area contributed by atoms with Crippen LogP contribution in [-0.2, 0) is 7.05 Å². The number of hydrogen-bond acceptors (Lipinski definition) is 6. The molecule has 0 amide bonds. The van der Waals surface area contributed by atoms with Gasteiger partial charge in [0.15, 0.2) is 0 Å². The predicted molar refractivity (Wildman–Crippen MR) is 64.0 cm³/mol. The van der Waals surface area contributed by atoms with Gasteiger partial charge in [-0.2, -0.15) is 0 Å². The van der Waals surface area contributed by atoms with Crippen LogP contribution in [0, 0.1) is 6.92 Å². The molecule has 2 heterocycles. The Morgan fingerprint density at radius 3 is 2.88 bits per heavy atom. The van der Waals surface area contributed by atoms with Gasteiger partial charge in [-0.3, -0.25) is 0 Å². The molecule has 0 spiro atoms. The summed E-state index contributed by atoms with van der Waals surface area (Å²) < 4.78 is 2.46. The minimum Gasteiger partial charge on any atom is -0.397 e. The van der Waals surface area contributed by atoms with Crippen molar-refractivity contribution in [1.29, 1.82) is 0 Å². The van der Waals surface area contributed by atoms with E-state index < -0.39 is 0 Å². The Hall–Kier alpha value is -1.15. The van der Waals surface area contributed by atoms with Gasteiger partial charge in [0.1, 0.15) is 5.03 Å². The van der Waals surface area contributed by atoms with Crippen LogP contribution >= 0.6 is 27.7 Å². The van der Waals surface area contributed by atoms with Crippen molar-refractivity contribution < 1.29 is 0 Å². The molecule has 84 valence electrons. The van der Waals surface area contributed by atoms with Crippen molar-refractivity contribution in [2.24, 2.45) is 7.05 Å². The monoisotopic (exact) mass is 300 g/mol. The summed E-state index contributed by atoms with van der Waals surface area (Å²) >= 11 is 4.84. The Kier molecular flexibility index (Phi) is 3.10. The van der Waals surface area contributed by atoms with Crippen LogP contribution in [0.25, 0.3) is 0 Å². The summed E-state index contributed by atoms with van der Waals surface area (Å²) in [7, 11) is 1.78. The lowest BCUT2D eigenvalue weighted by atomic mass is 10.3. The molecule has 6 nitrogen and oxygen atoms in total. The first kappa shape index (κ1) is 11.3. The Morgan fingerprint density at radius 2 is 2.25 bits per heavy atom. The van der Waals surface area contributed by atoms with Crippen molar-refractivity contribution in [3.8, 4) is 0 Å². The molecule has 2 rings (SSSR count). The van der Waals surface area contributed by atoms with Gasteiger partial charge in [0.2, 0.25) is 5.16 Å². The predicted octanol–water partition coefficient (Wildman–Crippen LogP) is 1.41. The van der Waals surface area contributed by atoms with Gasteiger partial charge < -0.3 is 5.73 Å². The van der Waals surface area contributed by atoms with Crippen LogP contribution in [0.1, 0.15) is 5.56 Å². The molecule has 2 aromatic rings. The second kappa shape index (κ2) is 4.38. The van der Waals surface area contributed by atoms with Crippen LogP contribution in [0.5, 0.6) is 0 Å². The van der Waals surface area contributed by atoms with Gasteiger partial charge in [0, 0.05) is 7.05 Å². The van der Waals surface area contributed by atoms with Gasteiger partial charge in [-0.05, 0) is 50.6 Å². The minimum absolute atomic E-state index is 0.660. The lowest BCUT2D eigenvalue weighted by Gasteiger charge is -2.06. The normalized spacial score (nSPS) is 10.7. The first-order valence-electron chi connectivity index (χ1n) is 4.40. The summed E-state index contributed by atoms with van der Waals surface area (Å²) in [5.74, 6) is 0. The topological polar surface area (TPSA) is 82.5 Å². The number of nitrogens with zero attached hydrogens (tertiary/aromatic N) is 5. The maximum absolute atomic E-state index is 5.75. The lowest BCUT2D eigenvalue weighted by molar-refractivity contribution is 0.664. The molecule has 0 radical (unpaired) electrons. The fraction of sp³-hybridized carbons (Fsp3) is 0.250. The standard InChI is InChI=1S/C8H9BrN6S/c1-4-5(10)3-11-7(6(4)9)16-8-12-13-14-15(8)2/h3H,10H2,1-2H3. The number of rotatable bonds is 2. The molecule has 0 aliphatic heterocycles. The molecule has 2 aromatic heterocycles. The van der Waals surface area contributed by atoms with Crippen LogP contribution in [0.4, 0.5) is 5.69 Å². The molecule has 0 aliphatic rings. The maximum Gasteiger partial charge on any atom is 0.215 e. The van der Waals surface area contributed by atoms with Crippen molar-refractivity contribution in [2.45, 2.75) is 17.1 Å². The molecule has 2 N–H and O–H groups in total. The summed E-state index contributed by atoms with van der Waals surface area (Å²) in [6.45, 7) is 1.93. The number of nitrogens with two attached hydrogens (primary N) is 1. The zero-order valence-electron chi connectivity index (χ0n) is 8.68. The number of aryl methyl sites for hydroxylation is 1. The van der Waals surface area contributed by atoms with E-state index in [1.807, 2.05) is 6.92 Å². The van der Waals surface area contributed by atoms with E-state index >= 15 is 0 Å². The number of hydrogen-bond donors (Lipinski definition) is 1. The van der Waals surface area contributed by atoms with E-state index in [4.69, 9.17) is 5.73 Å². The van der Waals surface area contributed by atoms with E-state index in [-0.39, 0.29) is 0 Å². The fourth-order valence-corrected chi connectivity index (χ4v) is 2.38. The number of halogens is 1. The number of anilines is 1. The fourth-order valence-electron chi connectivity index (χ4n) is 1.03. The summed E-state index contributed by atoms with van der Waals surface area (Å²) in [5, 5.41) is 12.7. The molecular formula is C8H9BrN6S. The van der Waals surface area contributed by atoms with Crippen LogP contribution in [-0.4, -0.2) is 25.2 Å². The molecule has 0 fully saturated rings. The molecule has 0 aliphatic carbocycles. The third-order valence-corrected chi connectivity index (χ3v) is 4.30. The third kappa shape index (κ3) is 2.03.